The molecule has 10 heteroatoms. The highest BCUT2D eigenvalue weighted by Crippen LogP contribution is 2.30. The van der Waals surface area contributed by atoms with Crippen LogP contribution in [0.5, 0.6) is 0 Å². The summed E-state index contributed by atoms with van der Waals surface area (Å²) in [5.74, 6) is -0.665. The summed E-state index contributed by atoms with van der Waals surface area (Å²) in [5, 5.41) is 7.16. The van der Waals surface area contributed by atoms with Crippen LogP contribution in [0.15, 0.2) is 65.3 Å². The van der Waals surface area contributed by atoms with Gasteiger partial charge in [0.2, 0.25) is 0 Å². The van der Waals surface area contributed by atoms with E-state index in [0.29, 0.717) is 28.9 Å². The Balaban J connectivity index is 1.61. The molecule has 0 saturated carbocycles. The fraction of sp³-hybridized carbons (Fsp3) is 0.208. The monoisotopic (exact) mass is 481 g/mol. The molecule has 0 atom stereocenters. The van der Waals surface area contributed by atoms with Crippen molar-refractivity contribution in [3.05, 3.63) is 83.1 Å². The van der Waals surface area contributed by atoms with Crippen LogP contribution >= 0.6 is 0 Å². The molecule has 0 radical (unpaired) electrons. The maximum absolute atomic E-state index is 13.4. The molecular weight excluding hydrogens is 457 g/mol. The van der Waals surface area contributed by atoms with Crippen LogP contribution in [0.3, 0.4) is 0 Å². The van der Waals surface area contributed by atoms with Crippen LogP contribution in [0, 0.1) is 5.82 Å². The number of rotatable bonds is 7. The molecule has 176 valence electrons. The minimum absolute atomic E-state index is 0.0543. The molecule has 0 fully saturated rings. The van der Waals surface area contributed by atoms with Crippen LogP contribution in [0.1, 0.15) is 36.7 Å². The van der Waals surface area contributed by atoms with E-state index in [0.717, 1.165) is 17.7 Å². The van der Waals surface area contributed by atoms with E-state index in [-0.39, 0.29) is 23.3 Å². The van der Waals surface area contributed by atoms with Crippen LogP contribution in [0.4, 0.5) is 4.39 Å². The molecule has 1 aromatic carbocycles. The van der Waals surface area contributed by atoms with E-state index in [1.165, 1.54) is 25.2 Å². The predicted octanol–water partition coefficient (Wildman–Crippen LogP) is 3.21. The first-order valence-electron chi connectivity index (χ1n) is 10.7. The molecule has 0 spiro atoms. The number of benzene rings is 1. The van der Waals surface area contributed by atoms with Crippen molar-refractivity contribution in [3.8, 4) is 5.69 Å². The SMILES string of the molecule is CCC1=Cc2c(cnn2-c2ccc(F)cc2)C(C(=O)NCc2cccc(S(=O)(=O)NC)n2)=CC1. The number of sulfonamides is 1. The number of carbonyl (C=O) groups is 1. The average molecular weight is 482 g/mol. The van der Waals surface area contributed by atoms with Crippen molar-refractivity contribution >= 4 is 27.6 Å². The number of allylic oxidation sites excluding steroid dienone is 2. The predicted molar refractivity (Wildman–Crippen MR) is 127 cm³/mol. The Morgan fingerprint density at radius 3 is 2.65 bits per heavy atom. The maximum atomic E-state index is 13.4. The smallest absolute Gasteiger partial charge is 0.257 e. The van der Waals surface area contributed by atoms with E-state index in [1.54, 1.807) is 35.1 Å². The molecule has 4 rings (SSSR count). The quantitative estimate of drug-likeness (QED) is 0.539. The van der Waals surface area contributed by atoms with Crippen LogP contribution in [0.2, 0.25) is 0 Å². The first-order chi connectivity index (χ1) is 16.3. The molecule has 0 unspecified atom stereocenters. The van der Waals surface area contributed by atoms with Gasteiger partial charge in [-0.25, -0.2) is 27.2 Å². The first kappa shape index (κ1) is 23.5. The summed E-state index contributed by atoms with van der Waals surface area (Å²) < 4.78 is 41.3. The molecule has 1 aliphatic carbocycles. The van der Waals surface area contributed by atoms with Crippen molar-refractivity contribution in [2.24, 2.45) is 0 Å². The van der Waals surface area contributed by atoms with Gasteiger partial charge in [-0.05, 0) is 62.4 Å². The van der Waals surface area contributed by atoms with E-state index < -0.39 is 10.0 Å². The summed E-state index contributed by atoms with van der Waals surface area (Å²) >= 11 is 0. The average Bonchev–Trinajstić information content (AvgIpc) is 3.16. The molecule has 0 saturated heterocycles. The van der Waals surface area contributed by atoms with E-state index >= 15 is 0 Å². The van der Waals surface area contributed by atoms with Crippen molar-refractivity contribution in [2.45, 2.75) is 31.3 Å². The number of nitrogens with zero attached hydrogens (tertiary/aromatic N) is 3. The molecule has 34 heavy (non-hydrogen) atoms. The minimum Gasteiger partial charge on any atom is -0.346 e. The molecule has 2 N–H and O–H groups in total. The number of halogens is 1. The maximum Gasteiger partial charge on any atom is 0.257 e. The summed E-state index contributed by atoms with van der Waals surface area (Å²) in [5.41, 5.74) is 4.07. The summed E-state index contributed by atoms with van der Waals surface area (Å²) in [7, 11) is -2.37. The third-order valence-electron chi connectivity index (χ3n) is 5.53. The van der Waals surface area contributed by atoms with E-state index in [1.807, 2.05) is 19.1 Å². The molecule has 0 aliphatic heterocycles. The van der Waals surface area contributed by atoms with Crippen molar-refractivity contribution in [1.29, 1.82) is 0 Å². The number of hydrogen-bond donors (Lipinski definition) is 2. The van der Waals surface area contributed by atoms with Crippen molar-refractivity contribution < 1.29 is 17.6 Å². The van der Waals surface area contributed by atoms with E-state index in [2.05, 4.69) is 20.1 Å². The second-order valence-electron chi connectivity index (χ2n) is 7.67. The molecule has 1 amide bonds. The first-order valence-corrected chi connectivity index (χ1v) is 12.2. The Hall–Kier alpha value is -3.63. The lowest BCUT2D eigenvalue weighted by molar-refractivity contribution is -0.115. The van der Waals surface area contributed by atoms with Gasteiger partial charge in [-0.2, -0.15) is 5.10 Å². The van der Waals surface area contributed by atoms with Gasteiger partial charge >= 0.3 is 0 Å². The molecule has 8 nitrogen and oxygen atoms in total. The zero-order valence-electron chi connectivity index (χ0n) is 18.7. The van der Waals surface area contributed by atoms with Gasteiger partial charge in [0.05, 0.1) is 29.8 Å². The molecule has 2 heterocycles. The molecule has 1 aliphatic rings. The van der Waals surface area contributed by atoms with Crippen molar-refractivity contribution in [1.82, 2.24) is 24.8 Å². The number of fused-ring (bicyclic) bond motifs is 1. The van der Waals surface area contributed by atoms with Crippen molar-refractivity contribution in [3.63, 3.8) is 0 Å². The second kappa shape index (κ2) is 9.70. The Labute approximate surface area is 197 Å². The number of hydrogen-bond acceptors (Lipinski definition) is 5. The van der Waals surface area contributed by atoms with Gasteiger partial charge in [-0.1, -0.05) is 24.6 Å². The number of amides is 1. The number of pyridine rings is 1. The van der Waals surface area contributed by atoms with E-state index in [9.17, 15) is 17.6 Å². The number of nitrogens with one attached hydrogen (secondary N) is 2. The van der Waals surface area contributed by atoms with Crippen LogP contribution in [0.25, 0.3) is 17.3 Å². The van der Waals surface area contributed by atoms with Gasteiger partial charge in [-0.15, -0.1) is 0 Å². The van der Waals surface area contributed by atoms with Crippen molar-refractivity contribution in [2.75, 3.05) is 7.05 Å². The standard InChI is InChI=1S/C24H24FN5O3S/c1-3-16-7-12-20(21-15-28-30(22(21)13-16)19-10-8-17(25)9-11-19)24(31)27-14-18-5-4-6-23(29-18)34(32,33)26-2/h4-6,8-13,15,26H,3,7,14H2,1-2H3,(H,27,31). The Kier molecular flexibility index (Phi) is 6.71. The van der Waals surface area contributed by atoms with Crippen LogP contribution in [-0.4, -0.2) is 36.1 Å². The Morgan fingerprint density at radius 2 is 1.94 bits per heavy atom. The zero-order chi connectivity index (χ0) is 24.3. The highest BCUT2D eigenvalue weighted by molar-refractivity contribution is 7.89. The summed E-state index contributed by atoms with van der Waals surface area (Å²) in [6, 6.07) is 10.6. The fourth-order valence-electron chi connectivity index (χ4n) is 3.63. The summed E-state index contributed by atoms with van der Waals surface area (Å²) in [6.45, 7) is 2.10. The van der Waals surface area contributed by atoms with Crippen LogP contribution in [-0.2, 0) is 21.4 Å². The Bertz CT molecular complexity index is 1390. The van der Waals surface area contributed by atoms with E-state index in [4.69, 9.17) is 0 Å². The van der Waals surface area contributed by atoms with Gasteiger partial charge < -0.3 is 5.32 Å². The number of aromatic nitrogens is 3. The highest BCUT2D eigenvalue weighted by atomic mass is 32.2. The zero-order valence-corrected chi connectivity index (χ0v) is 19.6. The second-order valence-corrected chi connectivity index (χ2v) is 9.50. The summed E-state index contributed by atoms with van der Waals surface area (Å²) in [6.07, 6.45) is 6.90. The lowest BCUT2D eigenvalue weighted by Crippen LogP contribution is -2.25. The van der Waals surface area contributed by atoms with Gasteiger partial charge in [0.1, 0.15) is 5.82 Å². The molecule has 0 bridgehead atoms. The molecule has 2 aromatic heterocycles. The Morgan fingerprint density at radius 1 is 1.18 bits per heavy atom. The van der Waals surface area contributed by atoms with Crippen LogP contribution < -0.4 is 10.0 Å². The largest absolute Gasteiger partial charge is 0.346 e. The third kappa shape index (κ3) is 4.82. The minimum atomic E-state index is -3.69. The normalized spacial score (nSPS) is 13.5. The summed E-state index contributed by atoms with van der Waals surface area (Å²) in [4.78, 5) is 17.3. The van der Waals surface area contributed by atoms with Gasteiger partial charge in [0.25, 0.3) is 15.9 Å². The lowest BCUT2D eigenvalue weighted by Gasteiger charge is -2.10. The lowest BCUT2D eigenvalue weighted by atomic mass is 10.1. The molecular formula is C24H24FN5O3S. The number of carbonyl (C=O) groups excluding carboxylic acids is 1. The van der Waals surface area contributed by atoms with Gasteiger partial charge in [-0.3, -0.25) is 4.79 Å². The fourth-order valence-corrected chi connectivity index (χ4v) is 4.33. The van der Waals surface area contributed by atoms with Gasteiger partial charge in [0, 0.05) is 11.1 Å². The molecule has 3 aromatic rings. The third-order valence-corrected chi connectivity index (χ3v) is 6.85. The topological polar surface area (TPSA) is 106 Å². The van der Waals surface area contributed by atoms with Gasteiger partial charge in [0.15, 0.2) is 5.03 Å². The highest BCUT2D eigenvalue weighted by Gasteiger charge is 2.22.